The summed E-state index contributed by atoms with van der Waals surface area (Å²) >= 11 is 0. The molecule has 1 heterocycles. The zero-order valence-corrected chi connectivity index (χ0v) is 9.30. The van der Waals surface area contributed by atoms with Crippen LogP contribution in [0.5, 0.6) is 0 Å². The number of nitrogens with two attached hydrogens (primary N) is 1. The minimum Gasteiger partial charge on any atom is -0.375 e. The third-order valence-electron chi connectivity index (χ3n) is 4.00. The Labute approximate surface area is 87.2 Å². The van der Waals surface area contributed by atoms with Crippen molar-refractivity contribution in [1.29, 1.82) is 0 Å². The number of hydrogen-bond acceptors (Lipinski definition) is 2. The van der Waals surface area contributed by atoms with Gasteiger partial charge in [0.05, 0.1) is 5.60 Å². The van der Waals surface area contributed by atoms with E-state index in [4.69, 9.17) is 10.5 Å². The average Bonchev–Trinajstić information content (AvgIpc) is 2.16. The van der Waals surface area contributed by atoms with Crippen molar-refractivity contribution in [3.8, 4) is 0 Å². The molecule has 0 aromatic carbocycles. The van der Waals surface area contributed by atoms with Crippen molar-refractivity contribution in [2.45, 2.75) is 51.0 Å². The molecule has 2 N–H and O–H groups in total. The lowest BCUT2D eigenvalue weighted by Gasteiger charge is -2.47. The Balaban J connectivity index is 1.82. The molecule has 2 unspecified atom stereocenters. The number of rotatable bonds is 3. The topological polar surface area (TPSA) is 35.2 Å². The first-order chi connectivity index (χ1) is 6.74. The van der Waals surface area contributed by atoms with Crippen LogP contribution in [-0.2, 0) is 4.74 Å². The van der Waals surface area contributed by atoms with E-state index in [1.165, 1.54) is 38.5 Å². The Hall–Kier alpha value is -0.0800. The maximum atomic E-state index is 5.92. The smallest absolute Gasteiger partial charge is 0.0685 e. The monoisotopic (exact) mass is 197 g/mol. The highest BCUT2D eigenvalue weighted by Gasteiger charge is 2.42. The lowest BCUT2D eigenvalue weighted by molar-refractivity contribution is -0.145. The minimum atomic E-state index is 0.317. The second-order valence-electron chi connectivity index (χ2n) is 5.32. The molecule has 0 bridgehead atoms. The first-order valence-corrected chi connectivity index (χ1v) is 6.08. The Morgan fingerprint density at radius 3 is 2.86 bits per heavy atom. The van der Waals surface area contributed by atoms with Gasteiger partial charge < -0.3 is 10.5 Å². The lowest BCUT2D eigenvalue weighted by Crippen LogP contribution is -2.45. The second-order valence-corrected chi connectivity index (χ2v) is 5.32. The standard InChI is InChI=1S/C12H23NO/c1-10(9-13)7-11-3-6-14-12(8-11)4-2-5-12/h10-11H,2-9,13H2,1H3. The zero-order valence-electron chi connectivity index (χ0n) is 9.30. The van der Waals surface area contributed by atoms with Crippen LogP contribution >= 0.6 is 0 Å². The molecule has 1 spiro atoms. The maximum absolute atomic E-state index is 5.92. The van der Waals surface area contributed by atoms with Gasteiger partial charge in [0.2, 0.25) is 0 Å². The van der Waals surface area contributed by atoms with Gasteiger partial charge in [-0.25, -0.2) is 0 Å². The van der Waals surface area contributed by atoms with E-state index in [0.717, 1.165) is 19.1 Å². The molecule has 82 valence electrons. The summed E-state index contributed by atoms with van der Waals surface area (Å²) in [6.07, 6.45) is 7.85. The quantitative estimate of drug-likeness (QED) is 0.753. The van der Waals surface area contributed by atoms with Crippen molar-refractivity contribution in [2.75, 3.05) is 13.2 Å². The third kappa shape index (κ3) is 2.12. The highest BCUT2D eigenvalue weighted by molar-refractivity contribution is 4.94. The maximum Gasteiger partial charge on any atom is 0.0685 e. The molecular weight excluding hydrogens is 174 g/mol. The molecule has 2 aliphatic rings. The van der Waals surface area contributed by atoms with E-state index < -0.39 is 0 Å². The molecule has 1 aliphatic carbocycles. The van der Waals surface area contributed by atoms with Crippen LogP contribution in [0.3, 0.4) is 0 Å². The summed E-state index contributed by atoms with van der Waals surface area (Å²) in [4.78, 5) is 0. The Bertz CT molecular complexity index is 189. The van der Waals surface area contributed by atoms with E-state index in [2.05, 4.69) is 6.92 Å². The average molecular weight is 197 g/mol. The van der Waals surface area contributed by atoms with Crippen LogP contribution in [-0.4, -0.2) is 18.8 Å². The molecule has 0 aromatic heterocycles. The van der Waals surface area contributed by atoms with Gasteiger partial charge in [-0.2, -0.15) is 0 Å². The van der Waals surface area contributed by atoms with Crippen molar-refractivity contribution < 1.29 is 4.74 Å². The molecule has 0 aromatic rings. The van der Waals surface area contributed by atoms with Gasteiger partial charge in [-0.3, -0.25) is 0 Å². The van der Waals surface area contributed by atoms with E-state index >= 15 is 0 Å². The molecule has 14 heavy (non-hydrogen) atoms. The third-order valence-corrected chi connectivity index (χ3v) is 4.00. The van der Waals surface area contributed by atoms with Gasteiger partial charge in [-0.05, 0) is 56.9 Å². The summed E-state index contributed by atoms with van der Waals surface area (Å²) in [5.74, 6) is 1.57. The Morgan fingerprint density at radius 2 is 2.29 bits per heavy atom. The van der Waals surface area contributed by atoms with Gasteiger partial charge >= 0.3 is 0 Å². The SMILES string of the molecule is CC(CN)CC1CCOC2(CCC2)C1. The van der Waals surface area contributed by atoms with Gasteiger partial charge in [0.25, 0.3) is 0 Å². The van der Waals surface area contributed by atoms with Gasteiger partial charge in [0.15, 0.2) is 0 Å². The number of ether oxygens (including phenoxy) is 1. The lowest BCUT2D eigenvalue weighted by atomic mass is 9.70. The summed E-state index contributed by atoms with van der Waals surface area (Å²) in [5.41, 5.74) is 5.99. The van der Waals surface area contributed by atoms with E-state index in [1.54, 1.807) is 0 Å². The normalized spacial score (nSPS) is 32.6. The van der Waals surface area contributed by atoms with Gasteiger partial charge in [-0.1, -0.05) is 6.92 Å². The van der Waals surface area contributed by atoms with E-state index in [9.17, 15) is 0 Å². The second kappa shape index (κ2) is 4.19. The van der Waals surface area contributed by atoms with Crippen LogP contribution in [0.15, 0.2) is 0 Å². The van der Waals surface area contributed by atoms with Crippen molar-refractivity contribution in [2.24, 2.45) is 17.6 Å². The molecule has 0 amide bonds. The molecular formula is C12H23NO. The largest absolute Gasteiger partial charge is 0.375 e. The van der Waals surface area contributed by atoms with Crippen LogP contribution in [0.4, 0.5) is 0 Å². The molecule has 2 fully saturated rings. The van der Waals surface area contributed by atoms with Crippen LogP contribution in [0.1, 0.15) is 45.4 Å². The van der Waals surface area contributed by atoms with Crippen molar-refractivity contribution in [3.63, 3.8) is 0 Å². The first kappa shape index (κ1) is 10.4. The molecule has 1 saturated heterocycles. The molecule has 1 aliphatic heterocycles. The summed E-state index contributed by atoms with van der Waals surface area (Å²) in [6, 6.07) is 0. The minimum absolute atomic E-state index is 0.317. The predicted octanol–water partition coefficient (Wildman–Crippen LogP) is 2.32. The molecule has 0 radical (unpaired) electrons. The number of hydrogen-bond donors (Lipinski definition) is 1. The first-order valence-electron chi connectivity index (χ1n) is 6.08. The predicted molar refractivity (Wildman–Crippen MR) is 58.1 cm³/mol. The fourth-order valence-electron chi connectivity index (χ4n) is 2.92. The van der Waals surface area contributed by atoms with Crippen LogP contribution < -0.4 is 5.73 Å². The summed E-state index contributed by atoms with van der Waals surface area (Å²) in [7, 11) is 0. The van der Waals surface area contributed by atoms with Crippen LogP contribution in [0, 0.1) is 11.8 Å². The van der Waals surface area contributed by atoms with Crippen LogP contribution in [0.2, 0.25) is 0 Å². The molecule has 2 rings (SSSR count). The van der Waals surface area contributed by atoms with Crippen LogP contribution in [0.25, 0.3) is 0 Å². The molecule has 2 heteroatoms. The van der Waals surface area contributed by atoms with Crippen molar-refractivity contribution >= 4 is 0 Å². The fourth-order valence-corrected chi connectivity index (χ4v) is 2.92. The molecule has 2 nitrogen and oxygen atoms in total. The summed E-state index contributed by atoms with van der Waals surface area (Å²) < 4.78 is 5.92. The zero-order chi connectivity index (χ0) is 10.0. The Morgan fingerprint density at radius 1 is 1.50 bits per heavy atom. The fraction of sp³-hybridized carbons (Fsp3) is 1.00. The Kier molecular flexibility index (Phi) is 3.13. The van der Waals surface area contributed by atoms with Crippen molar-refractivity contribution in [3.05, 3.63) is 0 Å². The highest BCUT2D eigenvalue weighted by atomic mass is 16.5. The van der Waals surface area contributed by atoms with Gasteiger partial charge in [0, 0.05) is 6.61 Å². The van der Waals surface area contributed by atoms with E-state index in [1.807, 2.05) is 0 Å². The van der Waals surface area contributed by atoms with Gasteiger partial charge in [0.1, 0.15) is 0 Å². The summed E-state index contributed by atoms with van der Waals surface area (Å²) in [5, 5.41) is 0. The molecule has 1 saturated carbocycles. The molecule has 2 atom stereocenters. The summed E-state index contributed by atoms with van der Waals surface area (Å²) in [6.45, 7) is 4.09. The van der Waals surface area contributed by atoms with E-state index in [-0.39, 0.29) is 0 Å². The van der Waals surface area contributed by atoms with Crippen molar-refractivity contribution in [1.82, 2.24) is 0 Å². The highest BCUT2D eigenvalue weighted by Crippen LogP contribution is 2.45. The van der Waals surface area contributed by atoms with Gasteiger partial charge in [-0.15, -0.1) is 0 Å². The van der Waals surface area contributed by atoms with E-state index in [0.29, 0.717) is 11.5 Å².